The number of carbonyl (C=O) groups excluding carboxylic acids is 3. The molecule has 2 fully saturated rings. The maximum Gasteiger partial charge on any atom is 0.313 e. The SMILES string of the molecule is CCN(CC)c1ccc(N2CC=C[C@]34O[C@]5(CC)C=CCOC(=O)[C@@H]5[C@H]3C(=O)N(CCCCCCO)C4C2=O)cc1. The molecule has 1 aromatic rings. The van der Waals surface area contributed by atoms with Crippen LogP contribution in [0, 0.1) is 11.8 Å². The van der Waals surface area contributed by atoms with E-state index in [1.165, 1.54) is 0 Å². The summed E-state index contributed by atoms with van der Waals surface area (Å²) in [5.41, 5.74) is -0.465. The standard InChI is InChI=1S/C32H43N3O6/c1-4-31-17-12-22-40-30(39)26(31)25-28(37)35(19-9-7-8-10-21-36)27-29(38)34(20-11-18-32(25,27)41-31)24-15-13-23(14-16-24)33(5-2)6-3/h11-18,25-27,36H,4-10,19-22H2,1-3H3/t25-,26-,27?,31+,32-/m0/s1. The molecule has 5 rings (SSSR count). The zero-order chi connectivity index (χ0) is 29.2. The van der Waals surface area contributed by atoms with Crippen molar-refractivity contribution < 1.29 is 29.0 Å². The predicted octanol–water partition coefficient (Wildman–Crippen LogP) is 3.46. The Bertz CT molecular complexity index is 1190. The number of benzene rings is 1. The Morgan fingerprint density at radius 2 is 1.66 bits per heavy atom. The van der Waals surface area contributed by atoms with E-state index in [1.54, 1.807) is 15.9 Å². The smallest absolute Gasteiger partial charge is 0.313 e. The molecule has 41 heavy (non-hydrogen) atoms. The lowest BCUT2D eigenvalue weighted by Gasteiger charge is -2.38. The van der Waals surface area contributed by atoms with Gasteiger partial charge in [0.15, 0.2) is 0 Å². The lowest BCUT2D eigenvalue weighted by atomic mass is 9.73. The van der Waals surface area contributed by atoms with Gasteiger partial charge < -0.3 is 29.3 Å². The van der Waals surface area contributed by atoms with E-state index in [-0.39, 0.29) is 25.0 Å². The van der Waals surface area contributed by atoms with E-state index < -0.39 is 35.0 Å². The molecule has 0 aliphatic carbocycles. The highest BCUT2D eigenvalue weighted by molar-refractivity contribution is 6.05. The van der Waals surface area contributed by atoms with Crippen molar-refractivity contribution in [3.8, 4) is 0 Å². The van der Waals surface area contributed by atoms with Gasteiger partial charge in [0.2, 0.25) is 5.91 Å². The van der Waals surface area contributed by atoms with Gasteiger partial charge in [-0.1, -0.05) is 38.0 Å². The summed E-state index contributed by atoms with van der Waals surface area (Å²) in [6.07, 6.45) is 11.0. The molecular formula is C32H43N3O6. The Kier molecular flexibility index (Phi) is 8.57. The molecule has 1 aromatic carbocycles. The minimum atomic E-state index is -1.28. The molecule has 0 aromatic heterocycles. The molecule has 0 bridgehead atoms. The molecular weight excluding hydrogens is 522 g/mol. The molecule has 2 amide bonds. The van der Waals surface area contributed by atoms with Crippen LogP contribution in [0.1, 0.15) is 52.9 Å². The van der Waals surface area contributed by atoms with E-state index >= 15 is 0 Å². The number of carbonyl (C=O) groups is 3. The summed E-state index contributed by atoms with van der Waals surface area (Å²) in [6, 6.07) is 7.06. The molecule has 0 radical (unpaired) electrons. The Labute approximate surface area is 242 Å². The number of unbranched alkanes of at least 4 members (excludes halogenated alkanes) is 3. The minimum absolute atomic E-state index is 0.131. The molecule has 1 spiro atoms. The van der Waals surface area contributed by atoms with Crippen LogP contribution >= 0.6 is 0 Å². The second-order valence-corrected chi connectivity index (χ2v) is 11.4. The number of anilines is 2. The van der Waals surface area contributed by atoms with Crippen molar-refractivity contribution in [2.24, 2.45) is 11.8 Å². The molecule has 9 heteroatoms. The summed E-state index contributed by atoms with van der Waals surface area (Å²) >= 11 is 0. The molecule has 5 atom stereocenters. The van der Waals surface area contributed by atoms with Gasteiger partial charge in [0.1, 0.15) is 29.8 Å². The van der Waals surface area contributed by atoms with Crippen molar-refractivity contribution in [3.63, 3.8) is 0 Å². The van der Waals surface area contributed by atoms with Crippen molar-refractivity contribution in [2.75, 3.05) is 49.2 Å². The van der Waals surface area contributed by atoms with Crippen LogP contribution in [0.4, 0.5) is 11.4 Å². The van der Waals surface area contributed by atoms with Crippen LogP contribution in [0.2, 0.25) is 0 Å². The largest absolute Gasteiger partial charge is 0.461 e. The summed E-state index contributed by atoms with van der Waals surface area (Å²) in [7, 11) is 0. The summed E-state index contributed by atoms with van der Waals surface area (Å²) in [5, 5.41) is 9.18. The summed E-state index contributed by atoms with van der Waals surface area (Å²) < 4.78 is 12.4. The number of hydrogen-bond donors (Lipinski definition) is 1. The molecule has 222 valence electrons. The molecule has 4 heterocycles. The van der Waals surface area contributed by atoms with Crippen molar-refractivity contribution >= 4 is 29.2 Å². The molecule has 1 N–H and O–H groups in total. The third-order valence-electron chi connectivity index (χ3n) is 9.29. The molecule has 1 unspecified atom stereocenters. The highest BCUT2D eigenvalue weighted by Gasteiger charge is 2.75. The van der Waals surface area contributed by atoms with Crippen LogP contribution in [-0.2, 0) is 23.9 Å². The first-order valence-electron chi connectivity index (χ1n) is 15.2. The van der Waals surface area contributed by atoms with Crippen LogP contribution in [0.3, 0.4) is 0 Å². The first kappa shape index (κ1) is 29.3. The number of hydrogen-bond acceptors (Lipinski definition) is 7. The van der Waals surface area contributed by atoms with Crippen molar-refractivity contribution in [2.45, 2.75) is 70.1 Å². The number of cyclic esters (lactones) is 1. The first-order chi connectivity index (χ1) is 19.9. The summed E-state index contributed by atoms with van der Waals surface area (Å²) in [5.74, 6) is -2.59. The van der Waals surface area contributed by atoms with E-state index in [0.717, 1.165) is 37.3 Å². The van der Waals surface area contributed by atoms with Crippen LogP contribution in [0.15, 0.2) is 48.6 Å². The fraction of sp³-hybridized carbons (Fsp3) is 0.594. The number of amides is 2. The molecule has 4 aliphatic rings. The van der Waals surface area contributed by atoms with Crippen molar-refractivity contribution in [1.82, 2.24) is 4.90 Å². The second kappa shape index (κ2) is 12.0. The van der Waals surface area contributed by atoms with Gasteiger partial charge in [-0.05, 0) is 63.5 Å². The van der Waals surface area contributed by atoms with Crippen molar-refractivity contribution in [1.29, 1.82) is 0 Å². The van der Waals surface area contributed by atoms with Crippen molar-refractivity contribution in [3.05, 3.63) is 48.6 Å². The molecule has 4 aliphatic heterocycles. The topological polar surface area (TPSA) is 99.6 Å². The number of nitrogens with zero attached hydrogens (tertiary/aromatic N) is 3. The van der Waals surface area contributed by atoms with Crippen LogP contribution < -0.4 is 9.80 Å². The number of ether oxygens (including phenoxy) is 2. The Hall–Kier alpha value is -3.17. The predicted molar refractivity (Wildman–Crippen MR) is 156 cm³/mol. The minimum Gasteiger partial charge on any atom is -0.461 e. The Morgan fingerprint density at radius 1 is 0.927 bits per heavy atom. The normalized spacial score (nSPS) is 30.5. The molecule has 9 nitrogen and oxygen atoms in total. The zero-order valence-corrected chi connectivity index (χ0v) is 24.5. The van der Waals surface area contributed by atoms with Gasteiger partial charge in [0, 0.05) is 44.2 Å². The van der Waals surface area contributed by atoms with Gasteiger partial charge in [-0.25, -0.2) is 0 Å². The van der Waals surface area contributed by atoms with Gasteiger partial charge in [0.05, 0.1) is 5.92 Å². The number of fused-ring (bicyclic) bond motifs is 2. The maximum absolute atomic E-state index is 14.6. The number of aliphatic hydroxyl groups excluding tert-OH is 1. The Balaban J connectivity index is 1.54. The third kappa shape index (κ3) is 4.87. The fourth-order valence-electron chi connectivity index (χ4n) is 7.25. The summed E-state index contributed by atoms with van der Waals surface area (Å²) in [6.45, 7) is 8.92. The average molecular weight is 566 g/mol. The van der Waals surface area contributed by atoms with E-state index in [0.29, 0.717) is 32.4 Å². The van der Waals surface area contributed by atoms with Crippen LogP contribution in [0.5, 0.6) is 0 Å². The van der Waals surface area contributed by atoms with Gasteiger partial charge in [-0.3, -0.25) is 14.4 Å². The Morgan fingerprint density at radius 3 is 2.34 bits per heavy atom. The van der Waals surface area contributed by atoms with Gasteiger partial charge in [-0.15, -0.1) is 0 Å². The second-order valence-electron chi connectivity index (χ2n) is 11.4. The zero-order valence-electron chi connectivity index (χ0n) is 24.5. The lowest BCUT2D eigenvalue weighted by Crippen LogP contribution is -2.56. The van der Waals surface area contributed by atoms with E-state index in [9.17, 15) is 19.5 Å². The molecule has 2 saturated heterocycles. The number of esters is 1. The molecule has 0 saturated carbocycles. The number of likely N-dealkylation sites (tertiary alicyclic amines) is 1. The van der Waals surface area contributed by atoms with E-state index in [2.05, 4.69) is 18.7 Å². The quantitative estimate of drug-likeness (QED) is 0.249. The number of aliphatic hydroxyl groups is 1. The first-order valence-corrected chi connectivity index (χ1v) is 15.2. The number of rotatable bonds is 11. The van der Waals surface area contributed by atoms with Crippen LogP contribution in [0.25, 0.3) is 0 Å². The van der Waals surface area contributed by atoms with Gasteiger partial charge in [0.25, 0.3) is 5.91 Å². The highest BCUT2D eigenvalue weighted by Crippen LogP contribution is 2.58. The lowest BCUT2D eigenvalue weighted by molar-refractivity contribution is -0.157. The summed E-state index contributed by atoms with van der Waals surface area (Å²) in [4.78, 5) is 47.9. The fourth-order valence-corrected chi connectivity index (χ4v) is 7.25. The highest BCUT2D eigenvalue weighted by atomic mass is 16.6. The third-order valence-corrected chi connectivity index (χ3v) is 9.29. The van der Waals surface area contributed by atoms with Gasteiger partial charge in [-0.2, -0.15) is 0 Å². The van der Waals surface area contributed by atoms with Crippen LogP contribution in [-0.4, -0.2) is 84.4 Å². The average Bonchev–Trinajstić information content (AvgIpc) is 3.25. The van der Waals surface area contributed by atoms with E-state index in [1.807, 2.05) is 49.4 Å². The maximum atomic E-state index is 14.6. The van der Waals surface area contributed by atoms with E-state index in [4.69, 9.17) is 9.47 Å². The van der Waals surface area contributed by atoms with Gasteiger partial charge >= 0.3 is 5.97 Å². The monoisotopic (exact) mass is 565 g/mol.